The van der Waals surface area contributed by atoms with Crippen molar-refractivity contribution in [3.63, 3.8) is 0 Å². The molecule has 2 aromatic rings. The number of nitrogens with zero attached hydrogens (tertiary/aromatic N) is 2. The maximum absolute atomic E-state index is 14.3. The number of anilines is 2. The number of ether oxygens (including phenoxy) is 1. The smallest absolute Gasteiger partial charge is 0.269 e. The van der Waals surface area contributed by atoms with Gasteiger partial charge in [0.15, 0.2) is 0 Å². The van der Waals surface area contributed by atoms with Gasteiger partial charge in [-0.05, 0) is 82.5 Å². The molecule has 2 aromatic carbocycles. The minimum Gasteiger partial charge on any atom is -0.494 e. The molecule has 5 rings (SSSR count). The van der Waals surface area contributed by atoms with E-state index in [9.17, 15) is 9.59 Å². The molecule has 166 valence electrons. The Morgan fingerprint density at radius 3 is 2.34 bits per heavy atom. The Hall–Kier alpha value is -2.73. The molecule has 2 amide bonds. The number of thioether (sulfide) groups is 1. The second kappa shape index (κ2) is 6.88. The molecule has 0 bridgehead atoms. The van der Waals surface area contributed by atoms with Crippen LogP contribution in [-0.2, 0) is 14.5 Å². The Bertz CT molecular complexity index is 1200. The molecule has 3 aliphatic rings. The summed E-state index contributed by atoms with van der Waals surface area (Å²) >= 11 is 1.42. The number of carbonyl (C=O) groups excluding carboxylic acids is 2. The summed E-state index contributed by atoms with van der Waals surface area (Å²) in [5.74, 6) is 0.869. The van der Waals surface area contributed by atoms with Crippen molar-refractivity contribution in [3.8, 4) is 5.75 Å². The Morgan fingerprint density at radius 1 is 1.00 bits per heavy atom. The van der Waals surface area contributed by atoms with Crippen LogP contribution in [0.25, 0.3) is 5.57 Å². The quantitative estimate of drug-likeness (QED) is 0.649. The van der Waals surface area contributed by atoms with E-state index in [1.54, 1.807) is 4.90 Å². The molecule has 0 radical (unpaired) electrons. The lowest BCUT2D eigenvalue weighted by Gasteiger charge is -2.40. The second-order valence-corrected chi connectivity index (χ2v) is 10.6. The maximum atomic E-state index is 14.3. The first-order valence-corrected chi connectivity index (χ1v) is 12.0. The van der Waals surface area contributed by atoms with Crippen LogP contribution in [0.1, 0.15) is 49.9 Å². The van der Waals surface area contributed by atoms with Gasteiger partial charge in [0.1, 0.15) is 5.75 Å². The number of fused-ring (bicyclic) bond motifs is 1. The zero-order valence-electron chi connectivity index (χ0n) is 19.4. The van der Waals surface area contributed by atoms with E-state index in [0.717, 1.165) is 45.0 Å². The highest BCUT2D eigenvalue weighted by Crippen LogP contribution is 2.60. The van der Waals surface area contributed by atoms with Crippen LogP contribution >= 0.6 is 11.8 Å². The molecule has 0 unspecified atom stereocenters. The molecule has 0 saturated carbocycles. The zero-order valence-corrected chi connectivity index (χ0v) is 20.2. The molecular formula is C26H28N2O3S. The van der Waals surface area contributed by atoms with Crippen LogP contribution in [0.3, 0.4) is 0 Å². The Morgan fingerprint density at radius 2 is 1.69 bits per heavy atom. The molecule has 3 heterocycles. The fraction of sp³-hybridized carbons (Fsp3) is 0.385. The Kier molecular flexibility index (Phi) is 4.55. The molecule has 0 aliphatic carbocycles. The Balaban J connectivity index is 1.83. The van der Waals surface area contributed by atoms with Gasteiger partial charge in [-0.25, -0.2) is 0 Å². The second-order valence-electron chi connectivity index (χ2n) is 9.43. The summed E-state index contributed by atoms with van der Waals surface area (Å²) < 4.78 is 5.91. The van der Waals surface area contributed by atoms with Gasteiger partial charge in [0.25, 0.3) is 5.91 Å². The van der Waals surface area contributed by atoms with Crippen LogP contribution in [0.5, 0.6) is 5.75 Å². The summed E-state index contributed by atoms with van der Waals surface area (Å²) in [6, 6.07) is 10.1. The van der Waals surface area contributed by atoms with Crippen molar-refractivity contribution in [3.05, 3.63) is 58.7 Å². The summed E-state index contributed by atoms with van der Waals surface area (Å²) in [7, 11) is 0. The van der Waals surface area contributed by atoms with E-state index in [2.05, 4.69) is 32.9 Å². The van der Waals surface area contributed by atoms with Crippen molar-refractivity contribution in [2.75, 3.05) is 22.2 Å². The first-order valence-electron chi connectivity index (χ1n) is 11.0. The van der Waals surface area contributed by atoms with Gasteiger partial charge < -0.3 is 4.74 Å². The van der Waals surface area contributed by atoms with Gasteiger partial charge in [-0.3, -0.25) is 19.4 Å². The normalized spacial score (nSPS) is 23.1. The van der Waals surface area contributed by atoms with Gasteiger partial charge in [0.05, 0.1) is 23.6 Å². The third-order valence-corrected chi connectivity index (χ3v) is 7.87. The minimum atomic E-state index is -1.13. The molecule has 3 aliphatic heterocycles. The van der Waals surface area contributed by atoms with Gasteiger partial charge >= 0.3 is 0 Å². The van der Waals surface area contributed by atoms with Gasteiger partial charge in [-0.15, -0.1) is 11.8 Å². The maximum Gasteiger partial charge on any atom is 0.269 e. The van der Waals surface area contributed by atoms with Crippen LogP contribution in [0.4, 0.5) is 11.4 Å². The molecule has 5 nitrogen and oxygen atoms in total. The van der Waals surface area contributed by atoms with Crippen molar-refractivity contribution < 1.29 is 14.3 Å². The molecule has 1 fully saturated rings. The van der Waals surface area contributed by atoms with Crippen molar-refractivity contribution >= 4 is 40.5 Å². The third-order valence-electron chi connectivity index (χ3n) is 6.48. The van der Waals surface area contributed by atoms with Crippen molar-refractivity contribution in [2.24, 2.45) is 0 Å². The SMILES string of the molecule is CCOc1cc2c3c(c1)[C@]1(SCC(=O)N1c1cc(C)cc(C)c1)C(=O)N3C(C)(C)C=C2C. The molecule has 0 aromatic heterocycles. The lowest BCUT2D eigenvalue weighted by Crippen LogP contribution is -2.55. The van der Waals surface area contributed by atoms with E-state index in [-0.39, 0.29) is 17.6 Å². The number of hydrogen-bond donors (Lipinski definition) is 0. The fourth-order valence-corrected chi connectivity index (χ4v) is 6.80. The number of allylic oxidation sites excluding steroid dienone is 1. The lowest BCUT2D eigenvalue weighted by atomic mass is 9.89. The van der Waals surface area contributed by atoms with E-state index in [4.69, 9.17) is 4.74 Å². The molecule has 1 atom stereocenters. The number of aryl methyl sites for hydroxylation is 2. The zero-order chi connectivity index (χ0) is 23.0. The van der Waals surface area contributed by atoms with Crippen LogP contribution < -0.4 is 14.5 Å². The monoisotopic (exact) mass is 448 g/mol. The van der Waals surface area contributed by atoms with Gasteiger partial charge in [0.2, 0.25) is 10.8 Å². The minimum absolute atomic E-state index is 0.0498. The number of carbonyl (C=O) groups is 2. The highest BCUT2D eigenvalue weighted by Gasteiger charge is 2.64. The van der Waals surface area contributed by atoms with Gasteiger partial charge in [0, 0.05) is 16.8 Å². The molecular weight excluding hydrogens is 420 g/mol. The third kappa shape index (κ3) is 2.71. The number of hydrogen-bond acceptors (Lipinski definition) is 4. The Labute approximate surface area is 193 Å². The average Bonchev–Trinajstić information content (AvgIpc) is 3.16. The topological polar surface area (TPSA) is 49.9 Å². The van der Waals surface area contributed by atoms with Gasteiger partial charge in [-0.1, -0.05) is 12.1 Å². The van der Waals surface area contributed by atoms with Crippen LogP contribution in [0.2, 0.25) is 0 Å². The van der Waals surface area contributed by atoms with E-state index in [1.165, 1.54) is 11.8 Å². The number of amides is 2. The molecule has 6 heteroatoms. The van der Waals surface area contributed by atoms with Crippen molar-refractivity contribution in [2.45, 2.75) is 52.0 Å². The van der Waals surface area contributed by atoms with Gasteiger partial charge in [-0.2, -0.15) is 0 Å². The predicted octanol–water partition coefficient (Wildman–Crippen LogP) is 5.18. The van der Waals surface area contributed by atoms with E-state index in [1.807, 2.05) is 49.9 Å². The summed E-state index contributed by atoms with van der Waals surface area (Å²) in [5.41, 5.74) is 6.25. The highest BCUT2D eigenvalue weighted by atomic mass is 32.2. The average molecular weight is 449 g/mol. The summed E-state index contributed by atoms with van der Waals surface area (Å²) in [5, 5.41) is 0. The predicted molar refractivity (Wildman–Crippen MR) is 130 cm³/mol. The van der Waals surface area contributed by atoms with Crippen molar-refractivity contribution in [1.82, 2.24) is 0 Å². The number of benzene rings is 2. The molecule has 32 heavy (non-hydrogen) atoms. The van der Waals surface area contributed by atoms with Crippen LogP contribution in [-0.4, -0.2) is 29.7 Å². The molecule has 0 N–H and O–H groups in total. The largest absolute Gasteiger partial charge is 0.494 e. The fourth-order valence-electron chi connectivity index (χ4n) is 5.48. The lowest BCUT2D eigenvalue weighted by molar-refractivity contribution is -0.124. The summed E-state index contributed by atoms with van der Waals surface area (Å²) in [4.78, 5) is 30.2. The summed E-state index contributed by atoms with van der Waals surface area (Å²) in [6.07, 6.45) is 2.13. The first-order chi connectivity index (χ1) is 15.1. The van der Waals surface area contributed by atoms with E-state index in [0.29, 0.717) is 6.61 Å². The summed E-state index contributed by atoms with van der Waals surface area (Å²) in [6.45, 7) is 12.7. The van der Waals surface area contributed by atoms with Crippen LogP contribution in [0, 0.1) is 13.8 Å². The van der Waals surface area contributed by atoms with Crippen LogP contribution in [0.15, 0.2) is 36.4 Å². The highest BCUT2D eigenvalue weighted by molar-refractivity contribution is 8.02. The van der Waals surface area contributed by atoms with E-state index < -0.39 is 10.4 Å². The van der Waals surface area contributed by atoms with Crippen molar-refractivity contribution in [1.29, 1.82) is 0 Å². The molecule has 1 spiro atoms. The molecule has 1 saturated heterocycles. The van der Waals surface area contributed by atoms with E-state index >= 15 is 0 Å². The number of rotatable bonds is 3. The standard InChI is InChI=1S/C26H28N2O3S/c1-7-31-19-11-20-17(4)13-25(5,6)28-23(20)21(12-19)26(24(28)30)27(22(29)14-32-26)18-9-15(2)8-16(3)10-18/h8-13H,7,14H2,1-6H3/t26-/m0/s1. The first kappa shape index (κ1) is 21.1.